The Morgan fingerprint density at radius 2 is 2.20 bits per heavy atom. The molecule has 0 radical (unpaired) electrons. The second-order valence-corrected chi connectivity index (χ2v) is 5.14. The molecule has 1 aliphatic rings. The number of amides is 1. The Kier molecular flexibility index (Phi) is 4.26. The molecule has 0 saturated heterocycles. The number of hydrogen-bond acceptors (Lipinski definition) is 4. The standard InChI is InChI=1S/C15H19N3O2/c1-17(2)7-4-8-18-14(10-16)13-9-11(20-3)5-6-12(13)15(18)19/h5-6,9,14H,4,7-8H2,1-3H3. The first kappa shape index (κ1) is 14.4. The molecule has 5 nitrogen and oxygen atoms in total. The lowest BCUT2D eigenvalue weighted by Crippen LogP contribution is -2.30. The third-order valence-electron chi connectivity index (χ3n) is 3.48. The Morgan fingerprint density at radius 3 is 2.80 bits per heavy atom. The molecule has 1 atom stereocenters. The zero-order valence-electron chi connectivity index (χ0n) is 12.1. The van der Waals surface area contributed by atoms with E-state index in [0.717, 1.165) is 18.5 Å². The van der Waals surface area contributed by atoms with E-state index in [-0.39, 0.29) is 5.91 Å². The van der Waals surface area contributed by atoms with Crippen molar-refractivity contribution in [3.63, 3.8) is 0 Å². The number of nitriles is 1. The van der Waals surface area contributed by atoms with E-state index in [9.17, 15) is 10.1 Å². The van der Waals surface area contributed by atoms with Crippen LogP contribution in [0.4, 0.5) is 0 Å². The molecule has 1 heterocycles. The van der Waals surface area contributed by atoms with Crippen molar-refractivity contribution in [2.45, 2.75) is 12.5 Å². The van der Waals surface area contributed by atoms with E-state index in [4.69, 9.17) is 4.74 Å². The van der Waals surface area contributed by atoms with Gasteiger partial charge in [0.1, 0.15) is 11.8 Å². The van der Waals surface area contributed by atoms with Crippen molar-refractivity contribution >= 4 is 5.91 Å². The molecule has 0 aromatic heterocycles. The van der Waals surface area contributed by atoms with Gasteiger partial charge in [0.2, 0.25) is 0 Å². The van der Waals surface area contributed by atoms with Gasteiger partial charge in [-0.25, -0.2) is 0 Å². The number of ether oxygens (including phenoxy) is 1. The Hall–Kier alpha value is -2.06. The molecule has 1 aromatic carbocycles. The molecular formula is C15H19N3O2. The van der Waals surface area contributed by atoms with E-state index in [1.165, 1.54) is 0 Å². The fourth-order valence-electron chi connectivity index (χ4n) is 2.46. The summed E-state index contributed by atoms with van der Waals surface area (Å²) in [5.74, 6) is 0.611. The Balaban J connectivity index is 2.21. The zero-order valence-corrected chi connectivity index (χ0v) is 12.1. The first-order valence-corrected chi connectivity index (χ1v) is 6.61. The minimum Gasteiger partial charge on any atom is -0.497 e. The number of benzene rings is 1. The summed E-state index contributed by atoms with van der Waals surface area (Å²) in [6, 6.07) is 7.01. The molecular weight excluding hydrogens is 254 g/mol. The summed E-state index contributed by atoms with van der Waals surface area (Å²) in [7, 11) is 5.56. The molecule has 0 fully saturated rings. The highest BCUT2D eigenvalue weighted by Crippen LogP contribution is 2.35. The summed E-state index contributed by atoms with van der Waals surface area (Å²) in [4.78, 5) is 16.1. The molecule has 106 valence electrons. The molecule has 0 bridgehead atoms. The minimum absolute atomic E-state index is 0.0621. The van der Waals surface area contributed by atoms with Crippen LogP contribution >= 0.6 is 0 Å². The molecule has 2 rings (SSSR count). The molecule has 0 aliphatic carbocycles. The van der Waals surface area contributed by atoms with E-state index in [0.29, 0.717) is 17.9 Å². The van der Waals surface area contributed by atoms with Crippen LogP contribution in [0.25, 0.3) is 0 Å². The summed E-state index contributed by atoms with van der Waals surface area (Å²) in [6.45, 7) is 1.48. The van der Waals surface area contributed by atoms with Gasteiger partial charge in [-0.3, -0.25) is 4.79 Å². The fraction of sp³-hybridized carbons (Fsp3) is 0.467. The SMILES string of the molecule is COc1ccc2c(c1)C(C#N)N(CCCN(C)C)C2=O. The van der Waals surface area contributed by atoms with Gasteiger partial charge in [0.05, 0.1) is 13.2 Å². The highest BCUT2D eigenvalue weighted by molar-refractivity contribution is 5.99. The maximum absolute atomic E-state index is 12.4. The molecule has 5 heteroatoms. The van der Waals surface area contributed by atoms with Gasteiger partial charge in [0.25, 0.3) is 5.91 Å². The number of methoxy groups -OCH3 is 1. The van der Waals surface area contributed by atoms with Gasteiger partial charge >= 0.3 is 0 Å². The number of fused-ring (bicyclic) bond motifs is 1. The molecule has 1 unspecified atom stereocenters. The van der Waals surface area contributed by atoms with Gasteiger partial charge in [0, 0.05) is 17.7 Å². The van der Waals surface area contributed by atoms with Crippen molar-refractivity contribution in [2.75, 3.05) is 34.3 Å². The maximum Gasteiger partial charge on any atom is 0.255 e. The van der Waals surface area contributed by atoms with E-state index < -0.39 is 6.04 Å². The summed E-state index contributed by atoms with van der Waals surface area (Å²) < 4.78 is 5.17. The predicted octanol–water partition coefficient (Wildman–Crippen LogP) is 1.67. The van der Waals surface area contributed by atoms with Gasteiger partial charge in [-0.2, -0.15) is 5.26 Å². The molecule has 1 aromatic rings. The fourth-order valence-corrected chi connectivity index (χ4v) is 2.46. The van der Waals surface area contributed by atoms with Crippen molar-refractivity contribution in [3.8, 4) is 11.8 Å². The topological polar surface area (TPSA) is 56.6 Å². The second-order valence-electron chi connectivity index (χ2n) is 5.14. The van der Waals surface area contributed by atoms with Crippen LogP contribution in [0.1, 0.15) is 28.4 Å². The van der Waals surface area contributed by atoms with E-state index >= 15 is 0 Å². The molecule has 0 spiro atoms. The number of carbonyl (C=O) groups is 1. The number of hydrogen-bond donors (Lipinski definition) is 0. The van der Waals surface area contributed by atoms with Crippen molar-refractivity contribution in [1.29, 1.82) is 5.26 Å². The van der Waals surface area contributed by atoms with Crippen LogP contribution in [0.3, 0.4) is 0 Å². The molecule has 0 N–H and O–H groups in total. The Bertz CT molecular complexity index is 549. The van der Waals surface area contributed by atoms with Crippen LogP contribution < -0.4 is 4.74 Å². The van der Waals surface area contributed by atoms with E-state index in [2.05, 4.69) is 11.0 Å². The zero-order chi connectivity index (χ0) is 14.7. The maximum atomic E-state index is 12.4. The van der Waals surface area contributed by atoms with Crippen LogP contribution in [-0.2, 0) is 0 Å². The van der Waals surface area contributed by atoms with Crippen molar-refractivity contribution in [3.05, 3.63) is 29.3 Å². The first-order valence-electron chi connectivity index (χ1n) is 6.61. The molecule has 1 amide bonds. The lowest BCUT2D eigenvalue weighted by molar-refractivity contribution is 0.0752. The molecule has 20 heavy (non-hydrogen) atoms. The van der Waals surface area contributed by atoms with Crippen LogP contribution in [-0.4, -0.2) is 50.0 Å². The van der Waals surface area contributed by atoms with E-state index in [1.54, 1.807) is 30.2 Å². The van der Waals surface area contributed by atoms with Gasteiger partial charge in [-0.05, 0) is 45.3 Å². The summed E-state index contributed by atoms with van der Waals surface area (Å²) in [5, 5.41) is 9.38. The smallest absolute Gasteiger partial charge is 0.255 e. The largest absolute Gasteiger partial charge is 0.497 e. The quantitative estimate of drug-likeness (QED) is 0.819. The molecule has 1 aliphatic heterocycles. The minimum atomic E-state index is -0.505. The second kappa shape index (κ2) is 5.93. The monoisotopic (exact) mass is 273 g/mol. The third kappa shape index (κ3) is 2.61. The Morgan fingerprint density at radius 1 is 1.45 bits per heavy atom. The van der Waals surface area contributed by atoms with Gasteiger partial charge in [-0.15, -0.1) is 0 Å². The van der Waals surface area contributed by atoms with Gasteiger partial charge < -0.3 is 14.5 Å². The molecule has 0 saturated carbocycles. The summed E-state index contributed by atoms with van der Waals surface area (Å²) in [6.07, 6.45) is 0.849. The lowest BCUT2D eigenvalue weighted by atomic mass is 10.1. The van der Waals surface area contributed by atoms with Crippen LogP contribution in [0.5, 0.6) is 5.75 Å². The van der Waals surface area contributed by atoms with E-state index in [1.807, 2.05) is 14.1 Å². The van der Waals surface area contributed by atoms with Crippen molar-refractivity contribution in [1.82, 2.24) is 9.80 Å². The van der Waals surface area contributed by atoms with Gasteiger partial charge in [0.15, 0.2) is 0 Å². The average molecular weight is 273 g/mol. The Labute approximate surface area is 119 Å². The highest BCUT2D eigenvalue weighted by Gasteiger charge is 2.36. The van der Waals surface area contributed by atoms with Crippen LogP contribution in [0.2, 0.25) is 0 Å². The number of nitrogens with zero attached hydrogens (tertiary/aromatic N) is 3. The highest BCUT2D eigenvalue weighted by atomic mass is 16.5. The summed E-state index contributed by atoms with van der Waals surface area (Å²) >= 11 is 0. The third-order valence-corrected chi connectivity index (χ3v) is 3.48. The van der Waals surface area contributed by atoms with Crippen LogP contribution in [0.15, 0.2) is 18.2 Å². The summed E-state index contributed by atoms with van der Waals surface area (Å²) in [5.41, 5.74) is 1.36. The number of rotatable bonds is 5. The van der Waals surface area contributed by atoms with Gasteiger partial charge in [-0.1, -0.05) is 0 Å². The predicted molar refractivity (Wildman–Crippen MR) is 75.6 cm³/mol. The average Bonchev–Trinajstić information content (AvgIpc) is 2.70. The van der Waals surface area contributed by atoms with Crippen molar-refractivity contribution < 1.29 is 9.53 Å². The van der Waals surface area contributed by atoms with Crippen molar-refractivity contribution in [2.24, 2.45) is 0 Å². The number of carbonyl (C=O) groups excluding carboxylic acids is 1. The normalized spacial score (nSPS) is 17.2. The first-order chi connectivity index (χ1) is 9.58. The van der Waals surface area contributed by atoms with Crippen LogP contribution in [0, 0.1) is 11.3 Å². The lowest BCUT2D eigenvalue weighted by Gasteiger charge is -2.21.